The van der Waals surface area contributed by atoms with E-state index in [1.54, 1.807) is 0 Å². The highest BCUT2D eigenvalue weighted by Gasteiger charge is 2.18. The summed E-state index contributed by atoms with van der Waals surface area (Å²) in [5.41, 5.74) is 1.27. The van der Waals surface area contributed by atoms with Gasteiger partial charge in [0, 0.05) is 0 Å². The minimum atomic E-state index is -0.847. The predicted octanol–water partition coefficient (Wildman–Crippen LogP) is 2.74. The number of carbonyl (C=O) groups excluding carboxylic acids is 1. The summed E-state index contributed by atoms with van der Waals surface area (Å²) in [5, 5.41) is 9.91. The Hall–Kier alpha value is -1.61. The lowest BCUT2D eigenvalue weighted by Crippen LogP contribution is -2.21. The number of aryl methyl sites for hydroxylation is 1. The molecule has 0 aliphatic carbocycles. The van der Waals surface area contributed by atoms with Crippen molar-refractivity contribution in [3.05, 3.63) is 48.0 Å². The third-order valence-corrected chi connectivity index (χ3v) is 2.76. The first-order valence-corrected chi connectivity index (χ1v) is 6.58. The Bertz CT molecular complexity index is 409. The van der Waals surface area contributed by atoms with Crippen LogP contribution in [0.3, 0.4) is 0 Å². The molecule has 0 aromatic heterocycles. The van der Waals surface area contributed by atoms with Crippen LogP contribution >= 0.6 is 0 Å². The van der Waals surface area contributed by atoms with Crippen LogP contribution < -0.4 is 0 Å². The zero-order valence-corrected chi connectivity index (χ0v) is 11.6. The molecule has 1 rings (SSSR count). The molecule has 1 atom stereocenters. The third kappa shape index (κ3) is 5.71. The Balaban J connectivity index is 2.38. The topological polar surface area (TPSA) is 46.5 Å². The first-order valence-electron chi connectivity index (χ1n) is 6.58. The first-order chi connectivity index (χ1) is 9.00. The summed E-state index contributed by atoms with van der Waals surface area (Å²) >= 11 is 0. The Morgan fingerprint density at radius 1 is 1.32 bits per heavy atom. The fourth-order valence-corrected chi connectivity index (χ4v) is 1.59. The Kier molecular flexibility index (Phi) is 6.30. The fraction of sp³-hybridized carbons (Fsp3) is 0.438. The first kappa shape index (κ1) is 15.4. The van der Waals surface area contributed by atoms with Crippen molar-refractivity contribution in [1.29, 1.82) is 0 Å². The lowest BCUT2D eigenvalue weighted by atomic mass is 10.0. The highest BCUT2D eigenvalue weighted by atomic mass is 16.5. The van der Waals surface area contributed by atoms with Crippen LogP contribution in [-0.4, -0.2) is 23.8 Å². The quantitative estimate of drug-likeness (QED) is 0.607. The third-order valence-electron chi connectivity index (χ3n) is 2.76. The molecular weight excluding hydrogens is 240 g/mol. The van der Waals surface area contributed by atoms with E-state index >= 15 is 0 Å². The van der Waals surface area contributed by atoms with E-state index in [1.165, 1.54) is 0 Å². The minimum absolute atomic E-state index is 0.136. The van der Waals surface area contributed by atoms with Crippen molar-refractivity contribution >= 4 is 5.97 Å². The van der Waals surface area contributed by atoms with E-state index in [4.69, 9.17) is 4.74 Å². The molecule has 0 amide bonds. The maximum absolute atomic E-state index is 11.6. The number of rotatable bonds is 7. The zero-order valence-electron chi connectivity index (χ0n) is 11.6. The molecule has 1 unspecified atom stereocenters. The predicted molar refractivity (Wildman–Crippen MR) is 75.7 cm³/mol. The maximum Gasteiger partial charge on any atom is 0.336 e. The molecule has 3 heteroatoms. The molecule has 1 aromatic rings. The summed E-state index contributed by atoms with van der Waals surface area (Å²) in [4.78, 5) is 11.6. The van der Waals surface area contributed by atoms with Crippen molar-refractivity contribution in [2.24, 2.45) is 5.92 Å². The van der Waals surface area contributed by atoms with Gasteiger partial charge in [-0.1, -0.05) is 50.8 Å². The van der Waals surface area contributed by atoms with E-state index in [0.29, 0.717) is 19.4 Å². The molecule has 19 heavy (non-hydrogen) atoms. The van der Waals surface area contributed by atoms with Gasteiger partial charge in [0.1, 0.15) is 0 Å². The van der Waals surface area contributed by atoms with Gasteiger partial charge in [-0.25, -0.2) is 4.79 Å². The summed E-state index contributed by atoms with van der Waals surface area (Å²) in [6.07, 6.45) is 0.331. The van der Waals surface area contributed by atoms with Crippen LogP contribution in [0, 0.1) is 5.92 Å². The van der Waals surface area contributed by atoms with Gasteiger partial charge in [0.2, 0.25) is 0 Å². The zero-order chi connectivity index (χ0) is 14.3. The van der Waals surface area contributed by atoms with Crippen molar-refractivity contribution in [2.75, 3.05) is 6.61 Å². The summed E-state index contributed by atoms with van der Waals surface area (Å²) in [6.45, 7) is 7.89. The summed E-state index contributed by atoms with van der Waals surface area (Å²) < 4.78 is 5.04. The van der Waals surface area contributed by atoms with E-state index in [2.05, 4.69) is 6.58 Å². The molecular formula is C16H22O3. The summed E-state index contributed by atoms with van der Waals surface area (Å²) in [7, 11) is 0. The number of aliphatic hydroxyl groups is 1. The average molecular weight is 262 g/mol. The number of hydrogen-bond donors (Lipinski definition) is 1. The van der Waals surface area contributed by atoms with Gasteiger partial charge in [-0.3, -0.25) is 0 Å². The maximum atomic E-state index is 11.6. The molecule has 0 radical (unpaired) electrons. The van der Waals surface area contributed by atoms with Crippen molar-refractivity contribution < 1.29 is 14.6 Å². The molecule has 0 saturated heterocycles. The molecule has 0 saturated carbocycles. The molecule has 0 bridgehead atoms. The Morgan fingerprint density at radius 3 is 2.53 bits per heavy atom. The highest BCUT2D eigenvalue weighted by Crippen LogP contribution is 2.11. The second-order valence-electron chi connectivity index (χ2n) is 5.06. The van der Waals surface area contributed by atoms with Crippen molar-refractivity contribution in [1.82, 2.24) is 0 Å². The van der Waals surface area contributed by atoms with Crippen LogP contribution in [0.25, 0.3) is 0 Å². The Labute approximate surface area is 114 Å². The number of carbonyl (C=O) groups is 1. The molecule has 104 valence electrons. The van der Waals surface area contributed by atoms with E-state index in [9.17, 15) is 9.90 Å². The van der Waals surface area contributed by atoms with Crippen LogP contribution in [-0.2, 0) is 16.0 Å². The van der Waals surface area contributed by atoms with Crippen LogP contribution in [0.5, 0.6) is 0 Å². The van der Waals surface area contributed by atoms with Crippen LogP contribution in [0.15, 0.2) is 42.5 Å². The van der Waals surface area contributed by atoms with E-state index in [-0.39, 0.29) is 11.5 Å². The lowest BCUT2D eigenvalue weighted by molar-refractivity contribution is -0.141. The highest BCUT2D eigenvalue weighted by molar-refractivity contribution is 5.88. The summed E-state index contributed by atoms with van der Waals surface area (Å²) in [5.74, 6) is -0.229. The van der Waals surface area contributed by atoms with Gasteiger partial charge in [-0.05, 0) is 24.3 Å². The van der Waals surface area contributed by atoms with Gasteiger partial charge in [0.25, 0.3) is 0 Å². The van der Waals surface area contributed by atoms with Gasteiger partial charge in [-0.15, -0.1) is 0 Å². The van der Waals surface area contributed by atoms with E-state index in [1.807, 2.05) is 44.2 Å². The number of aliphatic hydroxyl groups excluding tert-OH is 1. The average Bonchev–Trinajstić information content (AvgIpc) is 2.42. The smallest absolute Gasteiger partial charge is 0.336 e. The van der Waals surface area contributed by atoms with Crippen molar-refractivity contribution in [3.63, 3.8) is 0 Å². The van der Waals surface area contributed by atoms with Gasteiger partial charge >= 0.3 is 5.97 Å². The van der Waals surface area contributed by atoms with Gasteiger partial charge in [0.15, 0.2) is 0 Å². The monoisotopic (exact) mass is 262 g/mol. The Morgan fingerprint density at radius 2 is 1.95 bits per heavy atom. The van der Waals surface area contributed by atoms with Gasteiger partial charge in [-0.2, -0.15) is 0 Å². The molecule has 1 N–H and O–H groups in total. The second kappa shape index (κ2) is 7.74. The van der Waals surface area contributed by atoms with Crippen molar-refractivity contribution in [2.45, 2.75) is 32.8 Å². The van der Waals surface area contributed by atoms with E-state index < -0.39 is 12.1 Å². The number of ether oxygens (including phenoxy) is 1. The number of hydrogen-bond acceptors (Lipinski definition) is 3. The SMILES string of the molecule is C=C(C(=O)OCC(C)C)C(O)CCc1ccccc1. The molecule has 0 fully saturated rings. The summed E-state index contributed by atoms with van der Waals surface area (Å²) in [6, 6.07) is 9.84. The molecule has 0 aliphatic heterocycles. The second-order valence-corrected chi connectivity index (χ2v) is 5.06. The minimum Gasteiger partial charge on any atom is -0.462 e. The molecule has 3 nitrogen and oxygen atoms in total. The molecule has 0 heterocycles. The van der Waals surface area contributed by atoms with Crippen molar-refractivity contribution in [3.8, 4) is 0 Å². The number of esters is 1. The lowest BCUT2D eigenvalue weighted by Gasteiger charge is -2.14. The van der Waals surface area contributed by atoms with Gasteiger partial charge < -0.3 is 9.84 Å². The van der Waals surface area contributed by atoms with Gasteiger partial charge in [0.05, 0.1) is 18.3 Å². The standard InChI is InChI=1S/C16H22O3/c1-12(2)11-19-16(18)13(3)15(17)10-9-14-7-5-4-6-8-14/h4-8,12,15,17H,3,9-11H2,1-2H3. The molecule has 0 aliphatic rings. The van der Waals surface area contributed by atoms with E-state index in [0.717, 1.165) is 5.56 Å². The van der Waals surface area contributed by atoms with Crippen LogP contribution in [0.2, 0.25) is 0 Å². The molecule has 1 aromatic carbocycles. The van der Waals surface area contributed by atoms with Crippen LogP contribution in [0.1, 0.15) is 25.8 Å². The number of benzene rings is 1. The van der Waals surface area contributed by atoms with Crippen LogP contribution in [0.4, 0.5) is 0 Å². The molecule has 0 spiro atoms. The fourth-order valence-electron chi connectivity index (χ4n) is 1.59. The normalized spacial score (nSPS) is 12.2. The largest absolute Gasteiger partial charge is 0.462 e.